The SMILES string of the molecule is COc1ccccc1C1(CNC(=O)C(N)CO)CC1. The van der Waals surface area contributed by atoms with E-state index < -0.39 is 6.04 Å². The number of carbonyl (C=O) groups is 1. The summed E-state index contributed by atoms with van der Waals surface area (Å²) in [6.45, 7) is 0.188. The lowest BCUT2D eigenvalue weighted by Gasteiger charge is -2.20. The molecule has 0 heterocycles. The third-order valence-corrected chi connectivity index (χ3v) is 3.67. The molecule has 0 radical (unpaired) electrons. The Morgan fingerprint density at radius 3 is 2.79 bits per heavy atom. The predicted octanol–water partition coefficient (Wildman–Crippen LogP) is 0.163. The van der Waals surface area contributed by atoms with Gasteiger partial charge in [0.05, 0.1) is 13.7 Å². The molecule has 1 aliphatic carbocycles. The van der Waals surface area contributed by atoms with Crippen LogP contribution in [0.2, 0.25) is 0 Å². The van der Waals surface area contributed by atoms with Crippen LogP contribution in [0.15, 0.2) is 24.3 Å². The Kier molecular flexibility index (Phi) is 4.07. The topological polar surface area (TPSA) is 84.6 Å². The van der Waals surface area contributed by atoms with Crippen molar-refractivity contribution < 1.29 is 14.6 Å². The molecule has 2 rings (SSSR count). The van der Waals surface area contributed by atoms with Crippen LogP contribution in [0.3, 0.4) is 0 Å². The van der Waals surface area contributed by atoms with Crippen molar-refractivity contribution in [1.29, 1.82) is 0 Å². The summed E-state index contributed by atoms with van der Waals surface area (Å²) in [5, 5.41) is 11.7. The van der Waals surface area contributed by atoms with Gasteiger partial charge in [-0.05, 0) is 18.9 Å². The molecule has 1 amide bonds. The number of methoxy groups -OCH3 is 1. The second-order valence-electron chi connectivity index (χ2n) is 4.99. The van der Waals surface area contributed by atoms with Crippen LogP contribution in [-0.2, 0) is 10.2 Å². The van der Waals surface area contributed by atoms with Crippen LogP contribution >= 0.6 is 0 Å². The fourth-order valence-electron chi connectivity index (χ4n) is 2.25. The van der Waals surface area contributed by atoms with E-state index in [0.29, 0.717) is 6.54 Å². The van der Waals surface area contributed by atoms with Gasteiger partial charge in [-0.3, -0.25) is 4.79 Å². The lowest BCUT2D eigenvalue weighted by molar-refractivity contribution is -0.123. The van der Waals surface area contributed by atoms with Crippen molar-refractivity contribution in [3.8, 4) is 5.75 Å². The lowest BCUT2D eigenvalue weighted by Crippen LogP contribution is -2.45. The van der Waals surface area contributed by atoms with E-state index in [1.54, 1.807) is 7.11 Å². The maximum atomic E-state index is 11.6. The zero-order chi connectivity index (χ0) is 13.9. The Labute approximate surface area is 112 Å². The van der Waals surface area contributed by atoms with Crippen LogP contribution in [0.1, 0.15) is 18.4 Å². The molecule has 5 heteroatoms. The fraction of sp³-hybridized carbons (Fsp3) is 0.500. The van der Waals surface area contributed by atoms with Gasteiger partial charge in [-0.1, -0.05) is 18.2 Å². The molecule has 0 spiro atoms. The number of carbonyl (C=O) groups excluding carboxylic acids is 1. The molecule has 1 unspecified atom stereocenters. The first-order valence-electron chi connectivity index (χ1n) is 6.40. The van der Waals surface area contributed by atoms with Crippen LogP contribution in [0.4, 0.5) is 0 Å². The number of hydrogen-bond acceptors (Lipinski definition) is 4. The number of hydrogen-bond donors (Lipinski definition) is 3. The first kappa shape index (κ1) is 13.8. The molecule has 1 fully saturated rings. The highest BCUT2D eigenvalue weighted by Gasteiger charge is 2.46. The number of nitrogens with two attached hydrogens (primary N) is 1. The summed E-state index contributed by atoms with van der Waals surface area (Å²) >= 11 is 0. The number of nitrogens with one attached hydrogen (secondary N) is 1. The monoisotopic (exact) mass is 264 g/mol. The molecule has 4 N–H and O–H groups in total. The van der Waals surface area contributed by atoms with Gasteiger partial charge in [-0.15, -0.1) is 0 Å². The first-order chi connectivity index (χ1) is 9.13. The van der Waals surface area contributed by atoms with Crippen molar-refractivity contribution in [2.24, 2.45) is 5.73 Å². The van der Waals surface area contributed by atoms with Crippen LogP contribution in [0.5, 0.6) is 5.75 Å². The van der Waals surface area contributed by atoms with Crippen molar-refractivity contribution in [2.75, 3.05) is 20.3 Å². The zero-order valence-corrected chi connectivity index (χ0v) is 11.1. The molecule has 0 aliphatic heterocycles. The largest absolute Gasteiger partial charge is 0.496 e. The van der Waals surface area contributed by atoms with Gasteiger partial charge in [0, 0.05) is 17.5 Å². The number of amides is 1. The molecule has 104 valence electrons. The molecule has 1 atom stereocenters. The summed E-state index contributed by atoms with van der Waals surface area (Å²) < 4.78 is 5.37. The molecule has 5 nitrogen and oxygen atoms in total. The fourth-order valence-corrected chi connectivity index (χ4v) is 2.25. The van der Waals surface area contributed by atoms with E-state index in [9.17, 15) is 4.79 Å². The van der Waals surface area contributed by atoms with Crippen LogP contribution in [-0.4, -0.2) is 37.3 Å². The van der Waals surface area contributed by atoms with E-state index in [4.69, 9.17) is 15.6 Å². The number of ether oxygens (including phenoxy) is 1. The van der Waals surface area contributed by atoms with Gasteiger partial charge < -0.3 is 20.9 Å². The highest BCUT2D eigenvalue weighted by Crippen LogP contribution is 2.50. The van der Waals surface area contributed by atoms with Crippen LogP contribution in [0.25, 0.3) is 0 Å². The van der Waals surface area contributed by atoms with Gasteiger partial charge in [0.15, 0.2) is 0 Å². The van der Waals surface area contributed by atoms with E-state index in [1.165, 1.54) is 0 Å². The van der Waals surface area contributed by atoms with Gasteiger partial charge >= 0.3 is 0 Å². The quantitative estimate of drug-likeness (QED) is 0.683. The van der Waals surface area contributed by atoms with Crippen molar-refractivity contribution in [1.82, 2.24) is 5.32 Å². The van der Waals surface area contributed by atoms with E-state index in [2.05, 4.69) is 5.32 Å². The molecule has 1 aromatic rings. The number of rotatable bonds is 6. The highest BCUT2D eigenvalue weighted by molar-refractivity contribution is 5.81. The summed E-state index contributed by atoms with van der Waals surface area (Å²) in [7, 11) is 1.65. The second-order valence-corrected chi connectivity index (χ2v) is 4.99. The summed E-state index contributed by atoms with van der Waals surface area (Å²) in [5.74, 6) is 0.532. The Balaban J connectivity index is 2.05. The summed E-state index contributed by atoms with van der Waals surface area (Å²) in [6, 6.07) is 7.01. The molecular formula is C14H20N2O3. The Morgan fingerprint density at radius 1 is 1.53 bits per heavy atom. The van der Waals surface area contributed by atoms with Crippen molar-refractivity contribution in [3.05, 3.63) is 29.8 Å². The normalized spacial score (nSPS) is 17.6. The van der Waals surface area contributed by atoms with Crippen molar-refractivity contribution >= 4 is 5.91 Å². The minimum atomic E-state index is -0.853. The maximum Gasteiger partial charge on any atom is 0.239 e. The predicted molar refractivity (Wildman–Crippen MR) is 72.0 cm³/mol. The second kappa shape index (κ2) is 5.59. The lowest BCUT2D eigenvalue weighted by atomic mass is 9.94. The van der Waals surface area contributed by atoms with Gasteiger partial charge in [-0.2, -0.15) is 0 Å². The molecular weight excluding hydrogens is 244 g/mol. The minimum absolute atomic E-state index is 0.0442. The van der Waals surface area contributed by atoms with E-state index in [-0.39, 0.29) is 17.9 Å². The summed E-state index contributed by atoms with van der Waals surface area (Å²) in [4.78, 5) is 11.6. The van der Waals surface area contributed by atoms with Gasteiger partial charge in [0.1, 0.15) is 11.8 Å². The van der Waals surface area contributed by atoms with Crippen molar-refractivity contribution in [2.45, 2.75) is 24.3 Å². The average molecular weight is 264 g/mol. The van der Waals surface area contributed by atoms with Gasteiger partial charge in [0.25, 0.3) is 0 Å². The maximum absolute atomic E-state index is 11.6. The van der Waals surface area contributed by atoms with Crippen LogP contribution in [0, 0.1) is 0 Å². The molecule has 1 aromatic carbocycles. The number of aliphatic hydroxyl groups is 1. The summed E-state index contributed by atoms with van der Waals surface area (Å²) in [5.41, 5.74) is 6.55. The first-order valence-corrected chi connectivity index (χ1v) is 6.40. The molecule has 0 bridgehead atoms. The van der Waals surface area contributed by atoms with Gasteiger partial charge in [-0.25, -0.2) is 0 Å². The van der Waals surface area contributed by atoms with E-state index >= 15 is 0 Å². The third kappa shape index (κ3) is 2.88. The Morgan fingerprint density at radius 2 is 2.21 bits per heavy atom. The Hall–Kier alpha value is -1.59. The molecule has 0 aromatic heterocycles. The number of benzene rings is 1. The van der Waals surface area contributed by atoms with Crippen LogP contribution < -0.4 is 15.8 Å². The summed E-state index contributed by atoms with van der Waals surface area (Å²) in [6.07, 6.45) is 2.03. The van der Waals surface area contributed by atoms with Gasteiger partial charge in [0.2, 0.25) is 5.91 Å². The van der Waals surface area contributed by atoms with E-state index in [1.807, 2.05) is 24.3 Å². The molecule has 19 heavy (non-hydrogen) atoms. The average Bonchev–Trinajstić information content (AvgIpc) is 3.24. The third-order valence-electron chi connectivity index (χ3n) is 3.67. The highest BCUT2D eigenvalue weighted by atomic mass is 16.5. The minimum Gasteiger partial charge on any atom is -0.496 e. The standard InChI is InChI=1S/C14H20N2O3/c1-19-12-5-3-2-4-10(12)14(6-7-14)9-16-13(18)11(15)8-17/h2-5,11,17H,6-9,15H2,1H3,(H,16,18). The Bertz CT molecular complexity index is 458. The molecule has 0 saturated heterocycles. The zero-order valence-electron chi connectivity index (χ0n) is 11.1. The molecule has 1 aliphatic rings. The van der Waals surface area contributed by atoms with E-state index in [0.717, 1.165) is 24.2 Å². The number of aliphatic hydroxyl groups excluding tert-OH is 1. The smallest absolute Gasteiger partial charge is 0.239 e. The molecule has 1 saturated carbocycles. The van der Waals surface area contributed by atoms with Crippen molar-refractivity contribution in [3.63, 3.8) is 0 Å². The number of para-hydroxylation sites is 1.